The van der Waals surface area contributed by atoms with Crippen molar-refractivity contribution >= 4 is 23.5 Å². The van der Waals surface area contributed by atoms with Crippen molar-refractivity contribution in [3.63, 3.8) is 0 Å². The summed E-state index contributed by atoms with van der Waals surface area (Å²) in [6.45, 7) is 4.77. The molecule has 0 aromatic carbocycles. The molecule has 0 aromatic rings. The van der Waals surface area contributed by atoms with Crippen LogP contribution in [0.5, 0.6) is 0 Å². The number of methoxy groups -OCH3 is 2. The molecule has 0 spiro atoms. The topological polar surface area (TPSA) is 172 Å². The predicted octanol–water partition coefficient (Wildman–Crippen LogP) is -0.862. The quantitative estimate of drug-likeness (QED) is 0.0587. The maximum atomic E-state index is 11.6. The van der Waals surface area contributed by atoms with E-state index in [0.717, 1.165) is 0 Å². The Balaban J connectivity index is 4.99. The molecule has 222 valence electrons. The van der Waals surface area contributed by atoms with Crippen molar-refractivity contribution in [2.24, 2.45) is 0 Å². The Morgan fingerprint density at radius 3 is 1.66 bits per heavy atom. The number of rotatable bonds is 24. The van der Waals surface area contributed by atoms with Crippen molar-refractivity contribution in [2.45, 2.75) is 64.4 Å². The van der Waals surface area contributed by atoms with Crippen molar-refractivity contribution in [3.8, 4) is 0 Å². The van der Waals surface area contributed by atoms with Gasteiger partial charge in [0, 0.05) is 59.8 Å². The second kappa shape index (κ2) is 21.9. The first-order chi connectivity index (χ1) is 18.1. The van der Waals surface area contributed by atoms with Crippen LogP contribution < -0.4 is 0 Å². The number of ether oxygens (including phenoxy) is 4. The lowest BCUT2D eigenvalue weighted by molar-refractivity contribution is -0.154. The third-order valence-electron chi connectivity index (χ3n) is 5.53. The van der Waals surface area contributed by atoms with E-state index in [0.29, 0.717) is 25.9 Å². The van der Waals surface area contributed by atoms with Crippen LogP contribution in [0.15, 0.2) is 0 Å². The molecule has 0 amide bonds. The van der Waals surface area contributed by atoms with Gasteiger partial charge in [0.1, 0.15) is 6.23 Å². The lowest BCUT2D eigenvalue weighted by Crippen LogP contribution is -2.45. The molecule has 3 unspecified atom stereocenters. The first kappa shape index (κ1) is 36.0. The summed E-state index contributed by atoms with van der Waals surface area (Å²) < 4.78 is 19.9. The fourth-order valence-electron chi connectivity index (χ4n) is 3.53. The van der Waals surface area contributed by atoms with Crippen LogP contribution in [-0.2, 0) is 38.1 Å². The molecule has 3 N–H and O–H groups in total. The fraction of sp³-hybridized carbons (Fsp3) is 0.840. The third-order valence-corrected chi connectivity index (χ3v) is 5.53. The van der Waals surface area contributed by atoms with Crippen LogP contribution in [0.2, 0.25) is 0 Å². The van der Waals surface area contributed by atoms with E-state index in [9.17, 15) is 34.5 Å². The summed E-state index contributed by atoms with van der Waals surface area (Å²) in [6.07, 6.45) is -1.49. The number of hydrogen-bond donors (Lipinski definition) is 3. The monoisotopic (exact) mass is 550 g/mol. The van der Waals surface area contributed by atoms with Gasteiger partial charge in [0.2, 0.25) is 11.6 Å². The molecule has 0 bridgehead atoms. The molecule has 0 aromatic heterocycles. The molecule has 0 rings (SSSR count). The van der Waals surface area contributed by atoms with E-state index in [-0.39, 0.29) is 65.3 Å². The van der Waals surface area contributed by atoms with E-state index >= 15 is 0 Å². The Morgan fingerprint density at radius 1 is 0.711 bits per heavy atom. The SMILES string of the molecule is CCC(=O)C(=O)OCCCN(CCC(O)N(CCCOC(=O)C(=O)CC)CC(O)COC)CC(O)COC. The highest BCUT2D eigenvalue weighted by molar-refractivity contribution is 6.33. The van der Waals surface area contributed by atoms with E-state index in [4.69, 9.17) is 18.9 Å². The first-order valence-corrected chi connectivity index (χ1v) is 13.0. The Kier molecular flexibility index (Phi) is 20.7. The largest absolute Gasteiger partial charge is 0.460 e. The van der Waals surface area contributed by atoms with Crippen LogP contribution in [0.25, 0.3) is 0 Å². The summed E-state index contributed by atoms with van der Waals surface area (Å²) in [4.78, 5) is 49.3. The molecule has 13 nitrogen and oxygen atoms in total. The molecule has 3 atom stereocenters. The molecule has 0 fully saturated rings. The Hall–Kier alpha value is -2.00. The highest BCUT2D eigenvalue weighted by Crippen LogP contribution is 2.08. The maximum Gasteiger partial charge on any atom is 0.374 e. The van der Waals surface area contributed by atoms with Gasteiger partial charge < -0.3 is 39.2 Å². The van der Waals surface area contributed by atoms with Gasteiger partial charge in [-0.05, 0) is 19.3 Å². The number of Topliss-reactive ketones (excluding diaryl/α,β-unsaturated/α-hetero) is 2. The normalized spacial score (nSPS) is 13.8. The predicted molar refractivity (Wildman–Crippen MR) is 136 cm³/mol. The van der Waals surface area contributed by atoms with Crippen molar-refractivity contribution in [2.75, 3.05) is 73.4 Å². The molecule has 0 saturated heterocycles. The van der Waals surface area contributed by atoms with Gasteiger partial charge in [-0.1, -0.05) is 13.8 Å². The molecule has 0 aliphatic heterocycles. The zero-order chi connectivity index (χ0) is 28.9. The van der Waals surface area contributed by atoms with Crippen LogP contribution in [0.4, 0.5) is 0 Å². The Labute approximate surface area is 225 Å². The molecular weight excluding hydrogens is 504 g/mol. The summed E-state index contributed by atoms with van der Waals surface area (Å²) in [5.41, 5.74) is 0. The van der Waals surface area contributed by atoms with Crippen molar-refractivity contribution < 1.29 is 53.4 Å². The minimum Gasteiger partial charge on any atom is -0.460 e. The molecular formula is C25H46N2O11. The van der Waals surface area contributed by atoms with Crippen molar-refractivity contribution in [1.82, 2.24) is 9.80 Å². The van der Waals surface area contributed by atoms with Gasteiger partial charge >= 0.3 is 11.9 Å². The third kappa shape index (κ3) is 16.8. The molecule has 13 heteroatoms. The number of ketones is 2. The minimum absolute atomic E-state index is 0.0112. The van der Waals surface area contributed by atoms with Gasteiger partial charge in [-0.2, -0.15) is 0 Å². The van der Waals surface area contributed by atoms with Gasteiger partial charge in [0.25, 0.3) is 0 Å². The lowest BCUT2D eigenvalue weighted by atomic mass is 10.2. The molecule has 0 heterocycles. The lowest BCUT2D eigenvalue weighted by Gasteiger charge is -2.32. The van der Waals surface area contributed by atoms with Crippen molar-refractivity contribution in [3.05, 3.63) is 0 Å². The van der Waals surface area contributed by atoms with Gasteiger partial charge in [0.05, 0.1) is 38.6 Å². The molecule has 0 radical (unpaired) electrons. The first-order valence-electron chi connectivity index (χ1n) is 13.0. The number of carbonyl (C=O) groups is 4. The van der Waals surface area contributed by atoms with Crippen LogP contribution in [0.3, 0.4) is 0 Å². The van der Waals surface area contributed by atoms with E-state index < -0.39 is 41.9 Å². The molecule has 0 aliphatic rings. The summed E-state index contributed by atoms with van der Waals surface area (Å²) in [6, 6.07) is 0. The average molecular weight is 551 g/mol. The van der Waals surface area contributed by atoms with Gasteiger partial charge in [-0.25, -0.2) is 9.59 Å². The second-order valence-electron chi connectivity index (χ2n) is 8.82. The summed E-state index contributed by atoms with van der Waals surface area (Å²) in [7, 11) is 2.92. The van der Waals surface area contributed by atoms with Crippen molar-refractivity contribution in [1.29, 1.82) is 0 Å². The van der Waals surface area contributed by atoms with Crippen LogP contribution >= 0.6 is 0 Å². The smallest absolute Gasteiger partial charge is 0.374 e. The van der Waals surface area contributed by atoms with E-state index in [1.807, 2.05) is 4.90 Å². The van der Waals surface area contributed by atoms with E-state index in [1.165, 1.54) is 14.2 Å². The molecule has 38 heavy (non-hydrogen) atoms. The van der Waals surface area contributed by atoms with E-state index in [2.05, 4.69) is 0 Å². The number of aliphatic hydroxyl groups excluding tert-OH is 3. The van der Waals surface area contributed by atoms with Crippen LogP contribution in [0, 0.1) is 0 Å². The van der Waals surface area contributed by atoms with E-state index in [1.54, 1.807) is 18.7 Å². The zero-order valence-corrected chi connectivity index (χ0v) is 23.1. The standard InChI is InChI=1S/C25H46N2O11/c1-5-21(30)24(33)37-13-7-10-26(15-19(28)17-35-3)12-9-23(32)27(16-20(29)18-36-4)11-8-14-38-25(34)22(31)6-2/h19-20,23,28-29,32H,5-18H2,1-4H3. The van der Waals surface area contributed by atoms with Gasteiger partial charge in [0.15, 0.2) is 0 Å². The maximum absolute atomic E-state index is 11.6. The van der Waals surface area contributed by atoms with Gasteiger partial charge in [-0.3, -0.25) is 14.5 Å². The minimum atomic E-state index is -0.975. The Morgan fingerprint density at radius 2 is 1.18 bits per heavy atom. The van der Waals surface area contributed by atoms with Crippen LogP contribution in [0.1, 0.15) is 46.0 Å². The number of aliphatic hydroxyl groups is 3. The highest BCUT2D eigenvalue weighted by atomic mass is 16.5. The van der Waals surface area contributed by atoms with Gasteiger partial charge in [-0.15, -0.1) is 0 Å². The molecule has 0 aliphatic carbocycles. The second-order valence-corrected chi connectivity index (χ2v) is 8.82. The number of hydrogen-bond acceptors (Lipinski definition) is 13. The zero-order valence-electron chi connectivity index (χ0n) is 23.1. The van der Waals surface area contributed by atoms with Crippen LogP contribution in [-0.4, -0.2) is 140 Å². The Bertz CT molecular complexity index is 692. The average Bonchev–Trinajstić information content (AvgIpc) is 2.89. The fourth-order valence-corrected chi connectivity index (χ4v) is 3.53. The summed E-state index contributed by atoms with van der Waals surface area (Å²) >= 11 is 0. The summed E-state index contributed by atoms with van der Waals surface area (Å²) in [5, 5.41) is 31.2. The number of nitrogens with zero attached hydrogens (tertiary/aromatic N) is 2. The molecule has 0 saturated carbocycles. The number of esters is 2. The highest BCUT2D eigenvalue weighted by Gasteiger charge is 2.22. The number of carbonyl (C=O) groups excluding carboxylic acids is 4. The summed E-state index contributed by atoms with van der Waals surface area (Å²) in [5.74, 6) is -2.97.